The lowest BCUT2D eigenvalue weighted by Crippen LogP contribution is -2.20. The maximum Gasteiger partial charge on any atom is 0.248 e. The summed E-state index contributed by atoms with van der Waals surface area (Å²) in [4.78, 5) is 13.7. The van der Waals surface area contributed by atoms with Crippen molar-refractivity contribution in [3.8, 4) is 0 Å². The van der Waals surface area contributed by atoms with Gasteiger partial charge >= 0.3 is 0 Å². The summed E-state index contributed by atoms with van der Waals surface area (Å²) in [6.07, 6.45) is 4.59. The average Bonchev–Trinajstić information content (AvgIpc) is 2.99. The third-order valence-electron chi connectivity index (χ3n) is 2.95. The molecule has 5 nitrogen and oxygen atoms in total. The fourth-order valence-electron chi connectivity index (χ4n) is 1.81. The zero-order chi connectivity index (χ0) is 15.1. The van der Waals surface area contributed by atoms with Crippen LogP contribution in [0.4, 0.5) is 11.4 Å². The number of carbonyl (C=O) groups is 1. The van der Waals surface area contributed by atoms with Gasteiger partial charge in [0, 0.05) is 31.0 Å². The molecule has 2 N–H and O–H groups in total. The zero-order valence-corrected chi connectivity index (χ0v) is 11.8. The van der Waals surface area contributed by atoms with Crippen molar-refractivity contribution in [3.63, 3.8) is 0 Å². The van der Waals surface area contributed by atoms with Crippen LogP contribution in [0.1, 0.15) is 5.76 Å². The lowest BCUT2D eigenvalue weighted by atomic mass is 10.2. The van der Waals surface area contributed by atoms with Gasteiger partial charge < -0.3 is 19.7 Å². The van der Waals surface area contributed by atoms with Gasteiger partial charge in [-0.1, -0.05) is 0 Å². The van der Waals surface area contributed by atoms with E-state index in [0.29, 0.717) is 18.0 Å². The molecule has 0 saturated heterocycles. The average molecular weight is 286 g/mol. The molecule has 5 heteroatoms. The summed E-state index contributed by atoms with van der Waals surface area (Å²) in [7, 11) is 1.90. The minimum atomic E-state index is -0.220. The Morgan fingerprint density at radius 3 is 2.71 bits per heavy atom. The first kappa shape index (κ1) is 14.9. The van der Waals surface area contributed by atoms with Gasteiger partial charge in [-0.25, -0.2) is 0 Å². The molecule has 0 aliphatic carbocycles. The van der Waals surface area contributed by atoms with Crippen molar-refractivity contribution in [1.82, 2.24) is 0 Å². The summed E-state index contributed by atoms with van der Waals surface area (Å²) >= 11 is 0. The molecule has 0 radical (unpaired) electrons. The summed E-state index contributed by atoms with van der Waals surface area (Å²) in [5.74, 6) is 0.411. The van der Waals surface area contributed by atoms with Crippen molar-refractivity contribution in [2.75, 3.05) is 30.4 Å². The van der Waals surface area contributed by atoms with Gasteiger partial charge in [-0.3, -0.25) is 4.79 Å². The van der Waals surface area contributed by atoms with Crippen molar-refractivity contribution in [1.29, 1.82) is 0 Å². The first-order valence-electron chi connectivity index (χ1n) is 6.63. The summed E-state index contributed by atoms with van der Waals surface area (Å²) < 4.78 is 5.11. The predicted octanol–water partition coefficient (Wildman–Crippen LogP) is 2.36. The number of aliphatic hydroxyl groups excluding tert-OH is 1. The molecule has 0 unspecified atom stereocenters. The Morgan fingerprint density at radius 2 is 2.10 bits per heavy atom. The molecular formula is C16H18N2O3. The fraction of sp³-hybridized carbons (Fsp3) is 0.188. The molecule has 1 heterocycles. The number of rotatable bonds is 6. The normalized spacial score (nSPS) is 10.8. The summed E-state index contributed by atoms with van der Waals surface area (Å²) in [6.45, 7) is 0.671. The van der Waals surface area contributed by atoms with Crippen molar-refractivity contribution >= 4 is 23.4 Å². The molecule has 0 fully saturated rings. The lowest BCUT2D eigenvalue weighted by Gasteiger charge is -2.18. The molecular weight excluding hydrogens is 268 g/mol. The minimum absolute atomic E-state index is 0.104. The largest absolute Gasteiger partial charge is 0.465 e. The quantitative estimate of drug-likeness (QED) is 0.800. The molecule has 1 amide bonds. The fourth-order valence-corrected chi connectivity index (χ4v) is 1.81. The van der Waals surface area contributed by atoms with Crippen LogP contribution in [-0.4, -0.2) is 31.2 Å². The molecule has 0 atom stereocenters. The van der Waals surface area contributed by atoms with Gasteiger partial charge in [0.05, 0.1) is 12.9 Å². The minimum Gasteiger partial charge on any atom is -0.465 e. The molecule has 0 aliphatic rings. The molecule has 110 valence electrons. The smallest absolute Gasteiger partial charge is 0.248 e. The van der Waals surface area contributed by atoms with E-state index in [1.54, 1.807) is 24.5 Å². The number of furan rings is 1. The van der Waals surface area contributed by atoms with E-state index in [1.807, 2.05) is 36.2 Å². The first-order chi connectivity index (χ1) is 10.2. The highest BCUT2D eigenvalue weighted by molar-refractivity contribution is 6.01. The van der Waals surface area contributed by atoms with Crippen molar-refractivity contribution < 1.29 is 14.3 Å². The van der Waals surface area contributed by atoms with Gasteiger partial charge in [0.2, 0.25) is 5.91 Å². The number of anilines is 2. The highest BCUT2D eigenvalue weighted by atomic mass is 16.3. The van der Waals surface area contributed by atoms with Gasteiger partial charge in [-0.2, -0.15) is 0 Å². The van der Waals surface area contributed by atoms with E-state index in [-0.39, 0.29) is 12.5 Å². The third-order valence-corrected chi connectivity index (χ3v) is 2.95. The van der Waals surface area contributed by atoms with Crippen LogP contribution < -0.4 is 10.2 Å². The summed E-state index contributed by atoms with van der Waals surface area (Å²) in [5.41, 5.74) is 1.69. The Morgan fingerprint density at radius 1 is 1.33 bits per heavy atom. The van der Waals surface area contributed by atoms with Crippen LogP contribution in [0, 0.1) is 0 Å². The number of hydrogen-bond donors (Lipinski definition) is 2. The van der Waals surface area contributed by atoms with Crippen LogP contribution in [0.5, 0.6) is 0 Å². The number of amides is 1. The highest BCUT2D eigenvalue weighted by Gasteiger charge is 2.02. The number of nitrogens with zero attached hydrogens (tertiary/aromatic N) is 1. The number of aliphatic hydroxyl groups is 1. The monoisotopic (exact) mass is 286 g/mol. The zero-order valence-electron chi connectivity index (χ0n) is 11.8. The number of nitrogens with one attached hydrogen (secondary N) is 1. The van der Waals surface area contributed by atoms with E-state index in [1.165, 1.54) is 6.08 Å². The Bertz CT molecular complexity index is 588. The number of hydrogen-bond acceptors (Lipinski definition) is 4. The Hall–Kier alpha value is -2.53. The van der Waals surface area contributed by atoms with Crippen molar-refractivity contribution in [2.24, 2.45) is 0 Å². The second-order valence-corrected chi connectivity index (χ2v) is 4.53. The predicted molar refractivity (Wildman–Crippen MR) is 83.2 cm³/mol. The number of likely N-dealkylation sites (N-methyl/N-ethyl adjacent to an activating group) is 1. The van der Waals surface area contributed by atoms with E-state index < -0.39 is 0 Å². The second-order valence-electron chi connectivity index (χ2n) is 4.53. The molecule has 21 heavy (non-hydrogen) atoms. The molecule has 0 saturated carbocycles. The Balaban J connectivity index is 1.92. The van der Waals surface area contributed by atoms with E-state index >= 15 is 0 Å². The van der Waals surface area contributed by atoms with Crippen LogP contribution in [0.3, 0.4) is 0 Å². The number of carbonyl (C=O) groups excluding carboxylic acids is 1. The maximum atomic E-state index is 11.7. The SMILES string of the molecule is CN(CCO)c1ccc(NC(=O)/C=C/c2ccco2)cc1. The van der Waals surface area contributed by atoms with E-state index in [2.05, 4.69) is 5.32 Å². The van der Waals surface area contributed by atoms with Crippen molar-refractivity contribution in [3.05, 3.63) is 54.5 Å². The summed E-state index contributed by atoms with van der Waals surface area (Å²) in [5, 5.41) is 11.7. The van der Waals surface area contributed by atoms with E-state index in [9.17, 15) is 4.79 Å². The van der Waals surface area contributed by atoms with Gasteiger partial charge in [0.15, 0.2) is 0 Å². The van der Waals surface area contributed by atoms with E-state index in [4.69, 9.17) is 9.52 Å². The summed E-state index contributed by atoms with van der Waals surface area (Å²) in [6, 6.07) is 11.0. The molecule has 1 aromatic heterocycles. The first-order valence-corrected chi connectivity index (χ1v) is 6.63. The molecule has 2 aromatic rings. The van der Waals surface area contributed by atoms with Crippen LogP contribution in [0.15, 0.2) is 53.2 Å². The van der Waals surface area contributed by atoms with Gasteiger partial charge in [-0.15, -0.1) is 0 Å². The molecule has 2 rings (SSSR count). The Labute approximate surface area is 123 Å². The highest BCUT2D eigenvalue weighted by Crippen LogP contribution is 2.16. The van der Waals surface area contributed by atoms with Crippen LogP contribution in [-0.2, 0) is 4.79 Å². The van der Waals surface area contributed by atoms with Gasteiger partial charge in [0.1, 0.15) is 5.76 Å². The topological polar surface area (TPSA) is 65.7 Å². The third kappa shape index (κ3) is 4.50. The standard InChI is InChI=1S/C16H18N2O3/c1-18(10-11-19)14-6-4-13(5-7-14)17-16(20)9-8-15-3-2-12-21-15/h2-9,12,19H,10-11H2,1H3,(H,17,20)/b9-8+. The molecule has 1 aromatic carbocycles. The second kappa shape index (κ2) is 7.31. The van der Waals surface area contributed by atoms with Crippen LogP contribution >= 0.6 is 0 Å². The van der Waals surface area contributed by atoms with Crippen LogP contribution in [0.2, 0.25) is 0 Å². The Kier molecular flexibility index (Phi) is 5.17. The van der Waals surface area contributed by atoms with Gasteiger partial charge in [0.25, 0.3) is 0 Å². The molecule has 0 spiro atoms. The molecule has 0 aliphatic heterocycles. The molecule has 0 bridgehead atoms. The number of benzene rings is 1. The lowest BCUT2D eigenvalue weighted by molar-refractivity contribution is -0.111. The van der Waals surface area contributed by atoms with E-state index in [0.717, 1.165) is 5.69 Å². The van der Waals surface area contributed by atoms with Crippen molar-refractivity contribution in [2.45, 2.75) is 0 Å². The van der Waals surface area contributed by atoms with Crippen LogP contribution in [0.25, 0.3) is 6.08 Å². The van der Waals surface area contributed by atoms with Gasteiger partial charge in [-0.05, 0) is 42.5 Å². The maximum absolute atomic E-state index is 11.7.